The number of hydrogen-bond donors (Lipinski definition) is 1. The number of ether oxygens (including phenoxy) is 1. The maximum atomic E-state index is 12.9. The molecule has 0 spiro atoms. The van der Waals surface area contributed by atoms with Crippen molar-refractivity contribution in [2.75, 3.05) is 13.2 Å². The maximum absolute atomic E-state index is 12.9. The van der Waals surface area contributed by atoms with Crippen LogP contribution in [0.2, 0.25) is 0 Å². The Morgan fingerprint density at radius 3 is 2.48 bits per heavy atom. The van der Waals surface area contributed by atoms with Crippen LogP contribution in [-0.4, -0.2) is 46.3 Å². The van der Waals surface area contributed by atoms with Gasteiger partial charge < -0.3 is 14.6 Å². The molecule has 4 rings (SSSR count). The molecule has 2 heterocycles. The summed E-state index contributed by atoms with van der Waals surface area (Å²) in [5.41, 5.74) is 1.77. The van der Waals surface area contributed by atoms with Crippen molar-refractivity contribution in [1.29, 1.82) is 0 Å². The van der Waals surface area contributed by atoms with Crippen LogP contribution in [0.25, 0.3) is 0 Å². The van der Waals surface area contributed by atoms with E-state index in [4.69, 9.17) is 4.74 Å². The van der Waals surface area contributed by atoms with Crippen LogP contribution in [0.15, 0.2) is 36.4 Å². The molecule has 0 bridgehead atoms. The Kier molecular flexibility index (Phi) is 5.16. The number of hydrogen-bond acceptors (Lipinski definition) is 5. The summed E-state index contributed by atoms with van der Waals surface area (Å²) >= 11 is 0. The lowest BCUT2D eigenvalue weighted by molar-refractivity contribution is -0.146. The summed E-state index contributed by atoms with van der Waals surface area (Å²) in [7, 11) is 0. The van der Waals surface area contributed by atoms with E-state index in [1.54, 1.807) is 31.2 Å². The number of ketones is 1. The van der Waals surface area contributed by atoms with E-state index in [0.29, 0.717) is 17.2 Å². The van der Waals surface area contributed by atoms with Gasteiger partial charge in [-0.2, -0.15) is 0 Å². The highest BCUT2D eigenvalue weighted by Gasteiger charge is 2.49. The highest BCUT2D eigenvalue weighted by molar-refractivity contribution is 6.09. The second-order valence-electron chi connectivity index (χ2n) is 8.28. The minimum absolute atomic E-state index is 0.306. The predicted molar refractivity (Wildman–Crippen MR) is 112 cm³/mol. The number of esters is 1. The van der Waals surface area contributed by atoms with E-state index in [9.17, 15) is 19.2 Å². The first kappa shape index (κ1) is 20.8. The van der Waals surface area contributed by atoms with Crippen LogP contribution < -0.4 is 5.32 Å². The van der Waals surface area contributed by atoms with Crippen molar-refractivity contribution in [2.24, 2.45) is 0 Å². The summed E-state index contributed by atoms with van der Waals surface area (Å²) in [6, 6.07) is 10.4. The molecule has 1 aromatic heterocycles. The topological polar surface area (TPSA) is 97.7 Å². The molecule has 0 unspecified atom stereocenters. The number of benzene rings is 1. The lowest BCUT2D eigenvalue weighted by Crippen LogP contribution is -2.41. The van der Waals surface area contributed by atoms with Gasteiger partial charge in [0.25, 0.3) is 5.91 Å². The SMILES string of the molecule is Cc1cc(C(=O)COC(=O)CN2C(=O)N[C@@](C)(c3ccccc3)C2=O)c(C)n1C1CC1. The molecule has 1 atom stereocenters. The molecule has 8 heteroatoms. The summed E-state index contributed by atoms with van der Waals surface area (Å²) in [6.07, 6.45) is 2.21. The minimum atomic E-state index is -1.26. The molecule has 8 nitrogen and oxygen atoms in total. The summed E-state index contributed by atoms with van der Waals surface area (Å²) < 4.78 is 7.24. The third-order valence-corrected chi connectivity index (χ3v) is 5.97. The number of Topliss-reactive ketones (excluding diaryl/α,β-unsaturated/α-hetero) is 1. The Morgan fingerprint density at radius 2 is 1.84 bits per heavy atom. The fourth-order valence-electron chi connectivity index (χ4n) is 4.16. The van der Waals surface area contributed by atoms with Gasteiger partial charge in [0.2, 0.25) is 5.78 Å². The molecule has 2 fully saturated rings. The van der Waals surface area contributed by atoms with Crippen LogP contribution in [0.4, 0.5) is 4.79 Å². The predicted octanol–water partition coefficient (Wildman–Crippen LogP) is 2.63. The van der Waals surface area contributed by atoms with Gasteiger partial charge in [-0.15, -0.1) is 0 Å². The second kappa shape index (κ2) is 7.68. The van der Waals surface area contributed by atoms with Gasteiger partial charge in [-0.25, -0.2) is 4.79 Å². The zero-order valence-corrected chi connectivity index (χ0v) is 17.8. The molecule has 1 aromatic carbocycles. The third kappa shape index (κ3) is 3.73. The van der Waals surface area contributed by atoms with Crippen LogP contribution in [0.3, 0.4) is 0 Å². The van der Waals surface area contributed by atoms with Crippen molar-refractivity contribution in [2.45, 2.75) is 45.2 Å². The van der Waals surface area contributed by atoms with Crippen LogP contribution in [0.5, 0.6) is 0 Å². The Morgan fingerprint density at radius 1 is 1.16 bits per heavy atom. The summed E-state index contributed by atoms with van der Waals surface area (Å²) in [5, 5.41) is 2.64. The molecule has 2 aromatic rings. The number of nitrogens with zero attached hydrogens (tertiary/aromatic N) is 2. The van der Waals surface area contributed by atoms with E-state index >= 15 is 0 Å². The molecule has 0 radical (unpaired) electrons. The Bertz CT molecular complexity index is 1070. The third-order valence-electron chi connectivity index (χ3n) is 5.97. The van der Waals surface area contributed by atoms with Crippen LogP contribution in [0.1, 0.15) is 53.1 Å². The molecular formula is C23H25N3O5. The number of imide groups is 1. The first-order chi connectivity index (χ1) is 14.7. The standard InChI is InChI=1S/C23H25N3O5/c1-14-11-18(15(2)26(14)17-9-10-17)19(27)13-31-20(28)12-25-21(29)23(3,24-22(25)30)16-7-5-4-6-8-16/h4-8,11,17H,9-10,12-13H2,1-3H3,(H,24,30)/t23-/m0/s1. The average Bonchev–Trinajstić information content (AvgIpc) is 3.50. The number of aromatic nitrogens is 1. The van der Waals surface area contributed by atoms with Gasteiger partial charge in [0, 0.05) is 23.0 Å². The Balaban J connectivity index is 1.38. The molecule has 31 heavy (non-hydrogen) atoms. The second-order valence-corrected chi connectivity index (χ2v) is 8.28. The van der Waals surface area contributed by atoms with Gasteiger partial charge in [0.1, 0.15) is 12.1 Å². The van der Waals surface area contributed by atoms with Gasteiger partial charge in [0.05, 0.1) is 0 Å². The van der Waals surface area contributed by atoms with Crippen molar-refractivity contribution in [3.05, 3.63) is 58.9 Å². The number of carbonyl (C=O) groups excluding carboxylic acids is 4. The zero-order chi connectivity index (χ0) is 22.3. The van der Waals surface area contributed by atoms with E-state index < -0.39 is 36.6 Å². The maximum Gasteiger partial charge on any atom is 0.326 e. The van der Waals surface area contributed by atoms with E-state index in [1.165, 1.54) is 0 Å². The number of aryl methyl sites for hydroxylation is 1. The van der Waals surface area contributed by atoms with E-state index in [1.807, 2.05) is 26.0 Å². The first-order valence-electron chi connectivity index (χ1n) is 10.3. The van der Waals surface area contributed by atoms with E-state index in [-0.39, 0.29) is 5.78 Å². The van der Waals surface area contributed by atoms with Gasteiger partial charge in [0.15, 0.2) is 6.61 Å². The first-order valence-corrected chi connectivity index (χ1v) is 10.3. The molecule has 3 amide bonds. The summed E-state index contributed by atoms with van der Waals surface area (Å²) in [5.74, 6) is -1.66. The van der Waals surface area contributed by atoms with Crippen molar-refractivity contribution < 1.29 is 23.9 Å². The summed E-state index contributed by atoms with van der Waals surface area (Å²) in [6.45, 7) is 4.44. The van der Waals surface area contributed by atoms with Crippen molar-refractivity contribution >= 4 is 23.7 Å². The smallest absolute Gasteiger partial charge is 0.326 e. The van der Waals surface area contributed by atoms with Crippen molar-refractivity contribution in [1.82, 2.24) is 14.8 Å². The fourth-order valence-corrected chi connectivity index (χ4v) is 4.16. The molecule has 2 aliphatic rings. The number of nitrogens with one attached hydrogen (secondary N) is 1. The minimum Gasteiger partial charge on any atom is -0.456 e. The Labute approximate surface area is 180 Å². The van der Waals surface area contributed by atoms with Gasteiger partial charge in [-0.05, 0) is 45.2 Å². The average molecular weight is 423 g/mol. The molecule has 1 aliphatic carbocycles. The largest absolute Gasteiger partial charge is 0.456 e. The normalized spacial score (nSPS) is 20.7. The molecule has 162 valence electrons. The number of rotatable bonds is 7. The molecule has 1 aliphatic heterocycles. The van der Waals surface area contributed by atoms with Crippen LogP contribution in [-0.2, 0) is 19.9 Å². The zero-order valence-electron chi connectivity index (χ0n) is 17.8. The lowest BCUT2D eigenvalue weighted by Gasteiger charge is -2.21. The van der Waals surface area contributed by atoms with Crippen LogP contribution >= 0.6 is 0 Å². The molecular weight excluding hydrogens is 398 g/mol. The molecule has 1 saturated heterocycles. The number of carbonyl (C=O) groups is 4. The fraction of sp³-hybridized carbons (Fsp3) is 0.391. The van der Waals surface area contributed by atoms with E-state index in [0.717, 1.165) is 29.1 Å². The van der Waals surface area contributed by atoms with Crippen molar-refractivity contribution in [3.63, 3.8) is 0 Å². The van der Waals surface area contributed by atoms with Crippen LogP contribution in [0, 0.1) is 13.8 Å². The summed E-state index contributed by atoms with van der Waals surface area (Å²) in [4.78, 5) is 50.9. The van der Waals surface area contributed by atoms with Gasteiger partial charge in [-0.1, -0.05) is 30.3 Å². The highest BCUT2D eigenvalue weighted by atomic mass is 16.5. The quantitative estimate of drug-likeness (QED) is 0.419. The van der Waals surface area contributed by atoms with Gasteiger partial charge >= 0.3 is 12.0 Å². The number of amides is 3. The Hall–Kier alpha value is -3.42. The van der Waals surface area contributed by atoms with E-state index in [2.05, 4.69) is 9.88 Å². The van der Waals surface area contributed by atoms with Gasteiger partial charge in [-0.3, -0.25) is 19.3 Å². The molecule has 1 N–H and O–H groups in total. The monoisotopic (exact) mass is 423 g/mol. The molecule has 1 saturated carbocycles. The number of urea groups is 1. The lowest BCUT2D eigenvalue weighted by atomic mass is 9.92. The highest BCUT2D eigenvalue weighted by Crippen LogP contribution is 2.38. The van der Waals surface area contributed by atoms with Crippen molar-refractivity contribution in [3.8, 4) is 0 Å².